The van der Waals surface area contributed by atoms with E-state index in [0.717, 1.165) is 25.6 Å². The number of nitrogens with zero attached hydrogens (tertiary/aromatic N) is 2. The van der Waals surface area contributed by atoms with Gasteiger partial charge in [-0.1, -0.05) is 12.1 Å². The van der Waals surface area contributed by atoms with Crippen LogP contribution < -0.4 is 4.74 Å². The van der Waals surface area contributed by atoms with Crippen molar-refractivity contribution in [3.8, 4) is 5.75 Å². The maximum absolute atomic E-state index is 13.6. The smallest absolute Gasteiger partial charge is 0.222 e. The second kappa shape index (κ2) is 10.6. The van der Waals surface area contributed by atoms with Gasteiger partial charge in [-0.15, -0.1) is 11.8 Å². The van der Waals surface area contributed by atoms with Crippen LogP contribution in [0.2, 0.25) is 0 Å². The topological polar surface area (TPSA) is 32.8 Å². The summed E-state index contributed by atoms with van der Waals surface area (Å²) in [4.78, 5) is 17.8. The summed E-state index contributed by atoms with van der Waals surface area (Å²) in [6.45, 7) is 3.88. The van der Waals surface area contributed by atoms with E-state index in [2.05, 4.69) is 29.2 Å². The Labute approximate surface area is 174 Å². The number of hydrogen-bond donors (Lipinski definition) is 0. The van der Waals surface area contributed by atoms with Crippen LogP contribution in [0.1, 0.15) is 12.0 Å². The van der Waals surface area contributed by atoms with Crippen LogP contribution in [-0.4, -0.2) is 61.3 Å². The van der Waals surface area contributed by atoms with Gasteiger partial charge in [0, 0.05) is 50.1 Å². The molecule has 1 aliphatic heterocycles. The normalized spacial score (nSPS) is 14.8. The first-order valence-corrected chi connectivity index (χ1v) is 11.0. The molecule has 0 aliphatic carbocycles. The van der Waals surface area contributed by atoms with Crippen molar-refractivity contribution < 1.29 is 18.3 Å². The maximum Gasteiger partial charge on any atom is 0.222 e. The minimum atomic E-state index is -0.691. The fraction of sp³-hybridized carbons (Fsp3) is 0.409. The van der Waals surface area contributed by atoms with Gasteiger partial charge >= 0.3 is 0 Å². The molecule has 0 saturated carbocycles. The first-order chi connectivity index (χ1) is 14.0. The van der Waals surface area contributed by atoms with Gasteiger partial charge in [0.1, 0.15) is 12.4 Å². The number of carbonyl (C=O) groups is 1. The van der Waals surface area contributed by atoms with E-state index < -0.39 is 11.6 Å². The largest absolute Gasteiger partial charge is 0.489 e. The number of halogens is 2. The van der Waals surface area contributed by atoms with Crippen molar-refractivity contribution in [1.29, 1.82) is 0 Å². The SMILES string of the molecule is CSc1ccc(CCC(=O)N2CCN(CCOc3ccc(F)cc3F)CC2)cc1. The summed E-state index contributed by atoms with van der Waals surface area (Å²) in [6, 6.07) is 11.6. The minimum absolute atomic E-state index is 0.0609. The third-order valence-electron chi connectivity index (χ3n) is 5.07. The van der Waals surface area contributed by atoms with Gasteiger partial charge in [0.2, 0.25) is 5.91 Å². The number of piperazine rings is 1. The monoisotopic (exact) mass is 420 g/mol. The Morgan fingerprint density at radius 1 is 1.07 bits per heavy atom. The average molecular weight is 421 g/mol. The van der Waals surface area contributed by atoms with Crippen LogP contribution >= 0.6 is 11.8 Å². The molecular formula is C22H26F2N2O2S. The van der Waals surface area contributed by atoms with Crippen molar-refractivity contribution in [2.75, 3.05) is 45.6 Å². The number of hydrogen-bond acceptors (Lipinski definition) is 4. The molecule has 29 heavy (non-hydrogen) atoms. The van der Waals surface area contributed by atoms with Crippen molar-refractivity contribution in [3.63, 3.8) is 0 Å². The summed E-state index contributed by atoms with van der Waals surface area (Å²) in [7, 11) is 0. The molecule has 4 nitrogen and oxygen atoms in total. The summed E-state index contributed by atoms with van der Waals surface area (Å²) < 4.78 is 31.9. The fourth-order valence-corrected chi connectivity index (χ4v) is 3.71. The van der Waals surface area contributed by atoms with Gasteiger partial charge in [-0.25, -0.2) is 8.78 Å². The van der Waals surface area contributed by atoms with Crippen LogP contribution in [0, 0.1) is 11.6 Å². The van der Waals surface area contributed by atoms with Crippen LogP contribution in [0.4, 0.5) is 8.78 Å². The molecule has 1 saturated heterocycles. The maximum atomic E-state index is 13.6. The lowest BCUT2D eigenvalue weighted by atomic mass is 10.1. The van der Waals surface area contributed by atoms with Gasteiger partial charge in [-0.3, -0.25) is 9.69 Å². The Morgan fingerprint density at radius 2 is 1.79 bits per heavy atom. The highest BCUT2D eigenvalue weighted by molar-refractivity contribution is 7.98. The molecule has 0 radical (unpaired) electrons. The summed E-state index contributed by atoms with van der Waals surface area (Å²) in [5, 5.41) is 0. The number of rotatable bonds is 8. The first-order valence-electron chi connectivity index (χ1n) is 9.76. The molecule has 0 N–H and O–H groups in total. The third kappa shape index (κ3) is 6.44. The summed E-state index contributed by atoms with van der Waals surface area (Å²) >= 11 is 1.71. The van der Waals surface area contributed by atoms with Crippen molar-refractivity contribution in [1.82, 2.24) is 9.80 Å². The summed E-state index contributed by atoms with van der Waals surface area (Å²) in [5.41, 5.74) is 1.18. The highest BCUT2D eigenvalue weighted by Crippen LogP contribution is 2.18. The molecule has 0 spiro atoms. The van der Waals surface area contributed by atoms with E-state index in [1.165, 1.54) is 22.6 Å². The number of benzene rings is 2. The molecular weight excluding hydrogens is 394 g/mol. The van der Waals surface area contributed by atoms with Crippen LogP contribution in [0.3, 0.4) is 0 Å². The minimum Gasteiger partial charge on any atom is -0.489 e. The van der Waals surface area contributed by atoms with E-state index >= 15 is 0 Å². The predicted molar refractivity (Wildman–Crippen MR) is 111 cm³/mol. The second-order valence-electron chi connectivity index (χ2n) is 6.99. The number of amides is 1. The molecule has 1 heterocycles. The predicted octanol–water partition coefficient (Wildman–Crippen LogP) is 3.84. The molecule has 1 fully saturated rings. The number of ether oxygens (including phenoxy) is 1. The van der Waals surface area contributed by atoms with Gasteiger partial charge in [-0.05, 0) is 42.5 Å². The van der Waals surface area contributed by atoms with Gasteiger partial charge in [0.05, 0.1) is 0 Å². The molecule has 0 unspecified atom stereocenters. The fourth-order valence-electron chi connectivity index (χ4n) is 3.30. The zero-order valence-electron chi connectivity index (χ0n) is 16.6. The molecule has 2 aromatic carbocycles. The van der Waals surface area contributed by atoms with Gasteiger partial charge in [0.25, 0.3) is 0 Å². The highest BCUT2D eigenvalue weighted by atomic mass is 32.2. The van der Waals surface area contributed by atoms with Crippen molar-refractivity contribution >= 4 is 17.7 Å². The van der Waals surface area contributed by atoms with Gasteiger partial charge in [0.15, 0.2) is 11.6 Å². The summed E-state index contributed by atoms with van der Waals surface area (Å²) in [6.07, 6.45) is 3.32. The van der Waals surface area contributed by atoms with E-state index in [4.69, 9.17) is 4.74 Å². The van der Waals surface area contributed by atoms with E-state index in [9.17, 15) is 13.6 Å². The van der Waals surface area contributed by atoms with E-state index in [-0.39, 0.29) is 11.7 Å². The van der Waals surface area contributed by atoms with E-state index in [1.54, 1.807) is 11.8 Å². The molecule has 0 atom stereocenters. The molecule has 7 heteroatoms. The third-order valence-corrected chi connectivity index (χ3v) is 5.81. The standard InChI is InChI=1S/C22H26F2N2O2S/c1-29-19-6-2-17(3-7-19)4-9-22(27)26-12-10-25(11-13-26)14-15-28-21-8-5-18(23)16-20(21)24/h2-3,5-8,16H,4,9-15H2,1H3. The molecule has 3 rings (SSSR count). The lowest BCUT2D eigenvalue weighted by Crippen LogP contribution is -2.49. The lowest BCUT2D eigenvalue weighted by molar-refractivity contribution is -0.132. The Morgan fingerprint density at radius 3 is 2.45 bits per heavy atom. The van der Waals surface area contributed by atoms with Gasteiger partial charge < -0.3 is 9.64 Å². The summed E-state index contributed by atoms with van der Waals surface area (Å²) in [5.74, 6) is -1.06. The molecule has 0 aromatic heterocycles. The Balaban J connectivity index is 1.35. The Hall–Kier alpha value is -2.12. The van der Waals surface area contributed by atoms with Gasteiger partial charge in [-0.2, -0.15) is 0 Å². The van der Waals surface area contributed by atoms with Crippen LogP contribution in [0.25, 0.3) is 0 Å². The van der Waals surface area contributed by atoms with E-state index in [1.807, 2.05) is 11.2 Å². The number of aryl methyl sites for hydroxylation is 1. The Bertz CT molecular complexity index is 809. The second-order valence-corrected chi connectivity index (χ2v) is 7.87. The first kappa shape index (κ1) is 21.6. The van der Waals surface area contributed by atoms with Crippen molar-refractivity contribution in [3.05, 3.63) is 59.7 Å². The Kier molecular flexibility index (Phi) is 7.89. The van der Waals surface area contributed by atoms with E-state index in [0.29, 0.717) is 32.7 Å². The zero-order valence-corrected chi connectivity index (χ0v) is 17.4. The average Bonchev–Trinajstić information content (AvgIpc) is 2.74. The van der Waals surface area contributed by atoms with Crippen molar-refractivity contribution in [2.45, 2.75) is 17.7 Å². The van der Waals surface area contributed by atoms with Crippen LogP contribution in [-0.2, 0) is 11.2 Å². The highest BCUT2D eigenvalue weighted by Gasteiger charge is 2.20. The quantitative estimate of drug-likeness (QED) is 0.608. The number of carbonyl (C=O) groups excluding carboxylic acids is 1. The zero-order chi connectivity index (χ0) is 20.6. The molecule has 1 aliphatic rings. The van der Waals surface area contributed by atoms with Crippen molar-refractivity contribution in [2.24, 2.45) is 0 Å². The molecule has 1 amide bonds. The lowest BCUT2D eigenvalue weighted by Gasteiger charge is -2.34. The van der Waals surface area contributed by atoms with Crippen LogP contribution in [0.5, 0.6) is 5.75 Å². The number of thioether (sulfide) groups is 1. The molecule has 156 valence electrons. The molecule has 2 aromatic rings. The molecule has 0 bridgehead atoms. The van der Waals surface area contributed by atoms with Crippen LogP contribution in [0.15, 0.2) is 47.4 Å².